The summed E-state index contributed by atoms with van der Waals surface area (Å²) < 4.78 is 27.5. The maximum atomic E-state index is 14.2. The third-order valence-electron chi connectivity index (χ3n) is 5.39. The zero-order valence-corrected chi connectivity index (χ0v) is 17.0. The zero-order chi connectivity index (χ0) is 22.7. The highest BCUT2D eigenvalue weighted by molar-refractivity contribution is 6.07. The summed E-state index contributed by atoms with van der Waals surface area (Å²) in [5, 5.41) is 24.4. The van der Waals surface area contributed by atoms with Crippen LogP contribution in [0.4, 0.5) is 8.78 Å². The van der Waals surface area contributed by atoms with Gasteiger partial charge >= 0.3 is 0 Å². The molecule has 32 heavy (non-hydrogen) atoms. The fraction of sp³-hybridized carbons (Fsp3) is 0.115. The molecule has 0 aliphatic rings. The number of carbonyl (C=O) groups is 1. The number of aliphatic hydroxyl groups excluding tert-OH is 1. The van der Waals surface area contributed by atoms with E-state index >= 15 is 0 Å². The molecule has 0 saturated carbocycles. The Bertz CT molecular complexity index is 1260. The minimum Gasteiger partial charge on any atom is -0.508 e. The lowest BCUT2D eigenvalue weighted by molar-refractivity contribution is 0.0833. The molecule has 0 heterocycles. The van der Waals surface area contributed by atoms with Crippen LogP contribution in [0, 0.1) is 11.6 Å². The number of hydrogen-bond acceptors (Lipinski definition) is 3. The quantitative estimate of drug-likeness (QED) is 0.405. The summed E-state index contributed by atoms with van der Waals surface area (Å²) in [6, 6.07) is 20.4. The van der Waals surface area contributed by atoms with Crippen molar-refractivity contribution in [2.45, 2.75) is 18.6 Å². The van der Waals surface area contributed by atoms with Crippen molar-refractivity contribution < 1.29 is 23.8 Å². The molecule has 3 N–H and O–H groups in total. The Morgan fingerprint density at radius 1 is 0.875 bits per heavy atom. The highest BCUT2D eigenvalue weighted by Crippen LogP contribution is 2.25. The van der Waals surface area contributed by atoms with Gasteiger partial charge in [-0.1, -0.05) is 48.5 Å². The van der Waals surface area contributed by atoms with Gasteiger partial charge in [-0.05, 0) is 59.3 Å². The Hall–Kier alpha value is -3.77. The lowest BCUT2D eigenvalue weighted by atomic mass is 9.95. The standard InChI is InChI=1S/C26H21F2NO3/c27-18-10-8-17(9-11-18)25(31)24(15-16-4-3-5-19(30)14-16)29-26(32)22-12-13-23(28)21-7-2-1-6-20(21)22/h1-14,24-25,30-31H,15H2,(H,29,32). The zero-order valence-electron chi connectivity index (χ0n) is 17.0. The molecule has 2 unspecified atom stereocenters. The van der Waals surface area contributed by atoms with E-state index in [-0.39, 0.29) is 17.7 Å². The molecule has 0 saturated heterocycles. The number of aliphatic hydroxyl groups is 1. The van der Waals surface area contributed by atoms with Crippen molar-refractivity contribution in [2.24, 2.45) is 0 Å². The van der Waals surface area contributed by atoms with Crippen molar-refractivity contribution >= 4 is 16.7 Å². The van der Waals surface area contributed by atoms with Crippen LogP contribution in [0.5, 0.6) is 5.75 Å². The third-order valence-corrected chi connectivity index (χ3v) is 5.39. The third kappa shape index (κ3) is 4.60. The first kappa shape index (κ1) is 21.5. The monoisotopic (exact) mass is 433 g/mol. The lowest BCUT2D eigenvalue weighted by Gasteiger charge is -2.25. The lowest BCUT2D eigenvalue weighted by Crippen LogP contribution is -2.41. The predicted molar refractivity (Wildman–Crippen MR) is 118 cm³/mol. The Kier molecular flexibility index (Phi) is 6.14. The summed E-state index contributed by atoms with van der Waals surface area (Å²) in [6.07, 6.45) is -0.939. The van der Waals surface area contributed by atoms with E-state index in [0.717, 1.165) is 0 Å². The van der Waals surface area contributed by atoms with Crippen molar-refractivity contribution in [3.8, 4) is 5.75 Å². The van der Waals surface area contributed by atoms with Crippen LogP contribution >= 0.6 is 0 Å². The van der Waals surface area contributed by atoms with Gasteiger partial charge in [-0.25, -0.2) is 8.78 Å². The number of benzene rings is 4. The van der Waals surface area contributed by atoms with Crippen LogP contribution < -0.4 is 5.32 Å². The Balaban J connectivity index is 1.67. The molecule has 2 atom stereocenters. The van der Waals surface area contributed by atoms with Gasteiger partial charge in [0.15, 0.2) is 0 Å². The molecular formula is C26H21F2NO3. The van der Waals surface area contributed by atoms with Crippen LogP contribution in [-0.2, 0) is 6.42 Å². The van der Waals surface area contributed by atoms with Gasteiger partial charge in [-0.2, -0.15) is 0 Å². The molecule has 4 aromatic rings. The topological polar surface area (TPSA) is 69.6 Å². The summed E-state index contributed by atoms with van der Waals surface area (Å²) in [5.41, 5.74) is 1.40. The number of nitrogens with one attached hydrogen (secondary N) is 1. The largest absolute Gasteiger partial charge is 0.508 e. The van der Waals surface area contributed by atoms with Crippen molar-refractivity contribution in [2.75, 3.05) is 0 Å². The maximum absolute atomic E-state index is 14.2. The van der Waals surface area contributed by atoms with E-state index in [1.165, 1.54) is 42.5 Å². The van der Waals surface area contributed by atoms with Crippen LogP contribution in [0.15, 0.2) is 84.9 Å². The number of hydrogen-bond donors (Lipinski definition) is 3. The van der Waals surface area contributed by atoms with Gasteiger partial charge in [0, 0.05) is 10.9 Å². The minimum atomic E-state index is -1.14. The number of aromatic hydroxyl groups is 1. The summed E-state index contributed by atoms with van der Waals surface area (Å²) in [4.78, 5) is 13.2. The van der Waals surface area contributed by atoms with Crippen LogP contribution in [0.1, 0.15) is 27.6 Å². The van der Waals surface area contributed by atoms with Crippen molar-refractivity contribution in [1.82, 2.24) is 5.32 Å². The van der Waals surface area contributed by atoms with Crippen LogP contribution in [0.2, 0.25) is 0 Å². The van der Waals surface area contributed by atoms with Gasteiger partial charge in [-0.15, -0.1) is 0 Å². The second-order valence-electron chi connectivity index (χ2n) is 7.59. The Morgan fingerprint density at radius 3 is 2.31 bits per heavy atom. The number of fused-ring (bicyclic) bond motifs is 1. The summed E-state index contributed by atoms with van der Waals surface area (Å²) in [5.74, 6) is -1.28. The fourth-order valence-corrected chi connectivity index (χ4v) is 3.78. The summed E-state index contributed by atoms with van der Waals surface area (Å²) in [6.45, 7) is 0. The number of rotatable bonds is 6. The van der Waals surface area contributed by atoms with E-state index in [4.69, 9.17) is 0 Å². The van der Waals surface area contributed by atoms with Crippen molar-refractivity contribution in [3.05, 3.63) is 113 Å². The first-order chi connectivity index (χ1) is 15.4. The molecule has 0 aromatic heterocycles. The Labute approximate surface area is 183 Å². The average Bonchev–Trinajstić information content (AvgIpc) is 2.79. The van der Waals surface area contributed by atoms with Gasteiger partial charge in [0.2, 0.25) is 0 Å². The molecule has 0 aliphatic heterocycles. The molecule has 6 heteroatoms. The smallest absolute Gasteiger partial charge is 0.252 e. The molecule has 4 rings (SSSR count). The molecular weight excluding hydrogens is 412 g/mol. The predicted octanol–water partition coefficient (Wildman–Crippen LogP) is 4.90. The van der Waals surface area contributed by atoms with Crippen LogP contribution in [0.3, 0.4) is 0 Å². The van der Waals surface area contributed by atoms with E-state index in [1.807, 2.05) is 0 Å². The summed E-state index contributed by atoms with van der Waals surface area (Å²) in [7, 11) is 0. The van der Waals surface area contributed by atoms with E-state index in [2.05, 4.69) is 5.32 Å². The first-order valence-corrected chi connectivity index (χ1v) is 10.1. The normalized spacial score (nSPS) is 13.0. The molecule has 0 aliphatic carbocycles. The molecule has 0 bridgehead atoms. The summed E-state index contributed by atoms with van der Waals surface area (Å²) >= 11 is 0. The molecule has 0 radical (unpaired) electrons. The molecule has 1 amide bonds. The Morgan fingerprint density at radius 2 is 1.59 bits per heavy atom. The minimum absolute atomic E-state index is 0.0633. The molecule has 0 spiro atoms. The van der Waals surface area contributed by atoms with E-state index in [0.29, 0.717) is 21.9 Å². The SMILES string of the molecule is O=C(NC(Cc1cccc(O)c1)C(O)c1ccc(F)cc1)c1ccc(F)c2ccccc12. The van der Waals surface area contributed by atoms with Gasteiger partial charge in [0.05, 0.1) is 12.1 Å². The van der Waals surface area contributed by atoms with Crippen molar-refractivity contribution in [3.63, 3.8) is 0 Å². The maximum Gasteiger partial charge on any atom is 0.252 e. The van der Waals surface area contributed by atoms with E-state index in [1.54, 1.807) is 42.5 Å². The van der Waals surface area contributed by atoms with Gasteiger partial charge in [0.1, 0.15) is 17.4 Å². The molecule has 162 valence electrons. The second kappa shape index (κ2) is 9.16. The van der Waals surface area contributed by atoms with Crippen LogP contribution in [0.25, 0.3) is 10.8 Å². The van der Waals surface area contributed by atoms with E-state index in [9.17, 15) is 23.8 Å². The van der Waals surface area contributed by atoms with Gasteiger partial charge in [-0.3, -0.25) is 4.79 Å². The van der Waals surface area contributed by atoms with Gasteiger partial charge in [0.25, 0.3) is 5.91 Å². The van der Waals surface area contributed by atoms with Crippen molar-refractivity contribution in [1.29, 1.82) is 0 Å². The second-order valence-corrected chi connectivity index (χ2v) is 7.59. The van der Waals surface area contributed by atoms with E-state index < -0.39 is 29.7 Å². The number of halogens is 2. The van der Waals surface area contributed by atoms with Gasteiger partial charge < -0.3 is 15.5 Å². The number of phenols is 1. The molecule has 4 nitrogen and oxygen atoms in total. The first-order valence-electron chi connectivity index (χ1n) is 10.1. The molecule has 4 aromatic carbocycles. The molecule has 0 fully saturated rings. The number of amides is 1. The average molecular weight is 433 g/mol. The fourth-order valence-electron chi connectivity index (χ4n) is 3.78. The number of carbonyl (C=O) groups excluding carboxylic acids is 1. The highest BCUT2D eigenvalue weighted by atomic mass is 19.1. The van der Waals surface area contributed by atoms with Crippen LogP contribution in [-0.4, -0.2) is 22.2 Å². The highest BCUT2D eigenvalue weighted by Gasteiger charge is 2.25. The number of phenolic OH excluding ortho intramolecular Hbond substituents is 1.